The second-order valence-corrected chi connectivity index (χ2v) is 4.77. The lowest BCUT2D eigenvalue weighted by atomic mass is 9.95. The van der Waals surface area contributed by atoms with E-state index >= 15 is 0 Å². The van der Waals surface area contributed by atoms with Gasteiger partial charge in [-0.1, -0.05) is 18.2 Å². The van der Waals surface area contributed by atoms with Gasteiger partial charge < -0.3 is 4.74 Å². The first-order valence-electron chi connectivity index (χ1n) is 6.49. The molecule has 3 N–H and O–H groups in total. The highest BCUT2D eigenvalue weighted by Crippen LogP contribution is 2.23. The fraction of sp³-hybridized carbons (Fsp3) is 0.250. The van der Waals surface area contributed by atoms with Gasteiger partial charge in [0.25, 0.3) is 0 Å². The molecule has 2 aromatic carbocycles. The minimum atomic E-state index is -0.249. The van der Waals surface area contributed by atoms with Crippen LogP contribution in [-0.4, -0.2) is 7.11 Å². The number of hydrazine groups is 1. The van der Waals surface area contributed by atoms with Gasteiger partial charge in [0, 0.05) is 0 Å². The summed E-state index contributed by atoms with van der Waals surface area (Å²) in [4.78, 5) is 0. The van der Waals surface area contributed by atoms with Gasteiger partial charge in [0.1, 0.15) is 11.6 Å². The van der Waals surface area contributed by atoms with Gasteiger partial charge in [-0.2, -0.15) is 0 Å². The molecule has 0 spiro atoms. The van der Waals surface area contributed by atoms with Gasteiger partial charge in [0.15, 0.2) is 0 Å². The molecule has 2 aromatic rings. The number of hydrogen-bond donors (Lipinski definition) is 2. The zero-order chi connectivity index (χ0) is 14.5. The lowest BCUT2D eigenvalue weighted by Gasteiger charge is -2.19. The summed E-state index contributed by atoms with van der Waals surface area (Å²) in [6.07, 6.45) is 0.685. The molecule has 1 unspecified atom stereocenters. The first-order valence-corrected chi connectivity index (χ1v) is 6.49. The Hall–Kier alpha value is -1.91. The molecule has 1 atom stereocenters. The highest BCUT2D eigenvalue weighted by atomic mass is 19.1. The normalized spacial score (nSPS) is 12.2. The first-order chi connectivity index (χ1) is 9.63. The van der Waals surface area contributed by atoms with Gasteiger partial charge >= 0.3 is 0 Å². The van der Waals surface area contributed by atoms with Crippen molar-refractivity contribution in [1.82, 2.24) is 5.43 Å². The molecule has 0 fully saturated rings. The third-order valence-electron chi connectivity index (χ3n) is 3.42. The summed E-state index contributed by atoms with van der Waals surface area (Å²) in [5.41, 5.74) is 5.77. The Labute approximate surface area is 118 Å². The monoisotopic (exact) mass is 274 g/mol. The Kier molecular flexibility index (Phi) is 4.71. The highest BCUT2D eigenvalue weighted by Gasteiger charge is 2.14. The predicted octanol–water partition coefficient (Wildman–Crippen LogP) is 2.89. The second kappa shape index (κ2) is 6.50. The number of hydrogen-bond acceptors (Lipinski definition) is 3. The van der Waals surface area contributed by atoms with E-state index in [1.165, 1.54) is 12.1 Å². The van der Waals surface area contributed by atoms with Crippen LogP contribution in [0.4, 0.5) is 4.39 Å². The molecule has 2 rings (SSSR count). The highest BCUT2D eigenvalue weighted by molar-refractivity contribution is 5.33. The SMILES string of the molecule is COc1ccc(CC(NN)c2cc(F)ccc2C)cc1. The van der Waals surface area contributed by atoms with Crippen molar-refractivity contribution >= 4 is 0 Å². The van der Waals surface area contributed by atoms with Gasteiger partial charge in [-0.05, 0) is 54.3 Å². The van der Waals surface area contributed by atoms with E-state index in [-0.39, 0.29) is 11.9 Å². The van der Waals surface area contributed by atoms with Gasteiger partial charge in [-0.25, -0.2) is 4.39 Å². The number of halogens is 1. The number of ether oxygens (including phenoxy) is 1. The quantitative estimate of drug-likeness (QED) is 0.651. The fourth-order valence-electron chi connectivity index (χ4n) is 2.24. The van der Waals surface area contributed by atoms with Crippen LogP contribution in [0.5, 0.6) is 5.75 Å². The maximum atomic E-state index is 13.4. The van der Waals surface area contributed by atoms with Crippen molar-refractivity contribution in [2.24, 2.45) is 5.84 Å². The van der Waals surface area contributed by atoms with Gasteiger partial charge in [0.05, 0.1) is 13.2 Å². The van der Waals surface area contributed by atoms with Crippen molar-refractivity contribution in [3.8, 4) is 5.75 Å². The Morgan fingerprint density at radius 3 is 2.50 bits per heavy atom. The van der Waals surface area contributed by atoms with Crippen molar-refractivity contribution in [3.63, 3.8) is 0 Å². The molecule has 0 aliphatic rings. The smallest absolute Gasteiger partial charge is 0.123 e. The third kappa shape index (κ3) is 3.35. The standard InChI is InChI=1S/C16H19FN2O/c1-11-3-6-13(17)10-15(11)16(19-18)9-12-4-7-14(20-2)8-5-12/h3-8,10,16,19H,9,18H2,1-2H3. The predicted molar refractivity (Wildman–Crippen MR) is 77.9 cm³/mol. The molecule has 3 nitrogen and oxygen atoms in total. The Morgan fingerprint density at radius 2 is 1.90 bits per heavy atom. The molecular formula is C16H19FN2O. The van der Waals surface area contributed by atoms with Gasteiger partial charge in [-0.15, -0.1) is 0 Å². The molecule has 0 saturated carbocycles. The van der Waals surface area contributed by atoms with Crippen LogP contribution in [0.25, 0.3) is 0 Å². The fourth-order valence-corrected chi connectivity index (χ4v) is 2.24. The third-order valence-corrected chi connectivity index (χ3v) is 3.42. The zero-order valence-corrected chi connectivity index (χ0v) is 11.7. The van der Waals surface area contributed by atoms with Crippen molar-refractivity contribution in [1.29, 1.82) is 0 Å². The van der Waals surface area contributed by atoms with E-state index in [9.17, 15) is 4.39 Å². The summed E-state index contributed by atoms with van der Waals surface area (Å²) in [7, 11) is 1.63. The van der Waals surface area contributed by atoms with Crippen LogP contribution in [0.1, 0.15) is 22.7 Å². The average Bonchev–Trinajstić information content (AvgIpc) is 2.48. The van der Waals surface area contributed by atoms with Crippen molar-refractivity contribution in [3.05, 3.63) is 65.0 Å². The maximum absolute atomic E-state index is 13.4. The van der Waals surface area contributed by atoms with E-state index in [1.54, 1.807) is 13.2 Å². The number of benzene rings is 2. The number of methoxy groups -OCH3 is 1. The summed E-state index contributed by atoms with van der Waals surface area (Å²) in [6.45, 7) is 1.95. The lowest BCUT2D eigenvalue weighted by molar-refractivity contribution is 0.414. The minimum Gasteiger partial charge on any atom is -0.497 e. The number of nitrogens with two attached hydrogens (primary N) is 1. The zero-order valence-electron chi connectivity index (χ0n) is 11.7. The van der Waals surface area contributed by atoms with E-state index in [1.807, 2.05) is 31.2 Å². The van der Waals surface area contributed by atoms with E-state index in [0.717, 1.165) is 22.4 Å². The van der Waals surface area contributed by atoms with Crippen molar-refractivity contribution < 1.29 is 9.13 Å². The van der Waals surface area contributed by atoms with Crippen LogP contribution in [-0.2, 0) is 6.42 Å². The van der Waals surface area contributed by atoms with Crippen molar-refractivity contribution in [2.45, 2.75) is 19.4 Å². The van der Waals surface area contributed by atoms with E-state index in [4.69, 9.17) is 10.6 Å². The number of rotatable bonds is 5. The Balaban J connectivity index is 2.21. The molecular weight excluding hydrogens is 255 g/mol. The summed E-state index contributed by atoms with van der Waals surface area (Å²) in [5, 5.41) is 0. The molecule has 0 aromatic heterocycles. The summed E-state index contributed by atoms with van der Waals surface area (Å²) in [6, 6.07) is 12.4. The largest absolute Gasteiger partial charge is 0.497 e. The summed E-state index contributed by atoms with van der Waals surface area (Å²) >= 11 is 0. The van der Waals surface area contributed by atoms with E-state index < -0.39 is 0 Å². The second-order valence-electron chi connectivity index (χ2n) is 4.77. The van der Waals surface area contributed by atoms with Crippen LogP contribution in [0.15, 0.2) is 42.5 Å². The lowest BCUT2D eigenvalue weighted by Crippen LogP contribution is -2.30. The molecule has 106 valence electrons. The molecule has 0 bridgehead atoms. The number of nitrogens with one attached hydrogen (secondary N) is 1. The van der Waals surface area contributed by atoms with Gasteiger partial charge in [0.2, 0.25) is 0 Å². The van der Waals surface area contributed by atoms with Crippen molar-refractivity contribution in [2.75, 3.05) is 7.11 Å². The summed E-state index contributed by atoms with van der Waals surface area (Å²) < 4.78 is 18.5. The maximum Gasteiger partial charge on any atom is 0.123 e. The van der Waals surface area contributed by atoms with Crippen LogP contribution < -0.4 is 16.0 Å². The average molecular weight is 274 g/mol. The molecule has 4 heteroatoms. The van der Waals surface area contributed by atoms with Crippen LogP contribution in [0, 0.1) is 12.7 Å². The molecule has 0 heterocycles. The van der Waals surface area contributed by atoms with E-state index in [2.05, 4.69) is 5.43 Å². The minimum absolute atomic E-state index is 0.126. The molecule has 20 heavy (non-hydrogen) atoms. The molecule has 0 aliphatic heterocycles. The first kappa shape index (κ1) is 14.5. The molecule has 0 aliphatic carbocycles. The molecule has 0 amide bonds. The van der Waals surface area contributed by atoms with Crippen LogP contribution >= 0.6 is 0 Å². The Bertz CT molecular complexity index is 569. The number of aryl methyl sites for hydroxylation is 1. The van der Waals surface area contributed by atoms with Gasteiger partial charge in [-0.3, -0.25) is 11.3 Å². The topological polar surface area (TPSA) is 47.3 Å². The summed E-state index contributed by atoms with van der Waals surface area (Å²) in [5.74, 6) is 6.19. The van der Waals surface area contributed by atoms with Crippen LogP contribution in [0.3, 0.4) is 0 Å². The molecule has 0 radical (unpaired) electrons. The Morgan fingerprint density at radius 1 is 1.20 bits per heavy atom. The van der Waals surface area contributed by atoms with Crippen LogP contribution in [0.2, 0.25) is 0 Å². The van der Waals surface area contributed by atoms with E-state index in [0.29, 0.717) is 6.42 Å². The molecule has 0 saturated heterocycles.